The molecule has 1 N–H and O–H groups in total. The van der Waals surface area contributed by atoms with Gasteiger partial charge in [0.25, 0.3) is 0 Å². The number of hydrogen-bond donors (Lipinski definition) is 1. The molecule has 0 unspecified atom stereocenters. The van der Waals surface area contributed by atoms with Crippen LogP contribution in [0.5, 0.6) is 5.75 Å². The second-order valence-electron chi connectivity index (χ2n) is 7.26. The molecule has 0 amide bonds. The van der Waals surface area contributed by atoms with E-state index in [1.165, 1.54) is 0 Å². The van der Waals surface area contributed by atoms with Crippen LogP contribution in [0.2, 0.25) is 0 Å². The lowest BCUT2D eigenvalue weighted by Gasteiger charge is -2.17. The summed E-state index contributed by atoms with van der Waals surface area (Å²) < 4.78 is 6.04. The van der Waals surface area contributed by atoms with Gasteiger partial charge in [-0.1, -0.05) is 24.3 Å². The summed E-state index contributed by atoms with van der Waals surface area (Å²) in [6, 6.07) is 21.1. The predicted molar refractivity (Wildman–Crippen MR) is 111 cm³/mol. The first-order valence-electron chi connectivity index (χ1n) is 9.49. The molecule has 3 aromatic rings. The molecule has 2 aromatic carbocycles. The van der Waals surface area contributed by atoms with Gasteiger partial charge in [-0.25, -0.2) is 0 Å². The van der Waals surface area contributed by atoms with Crippen molar-refractivity contribution >= 4 is 0 Å². The largest absolute Gasteiger partial charge is 0.490 e. The van der Waals surface area contributed by atoms with E-state index in [2.05, 4.69) is 22.4 Å². The normalized spacial score (nSPS) is 13.9. The first-order valence-corrected chi connectivity index (χ1v) is 9.49. The highest BCUT2D eigenvalue weighted by molar-refractivity contribution is 5.81. The lowest BCUT2D eigenvalue weighted by Crippen LogP contribution is -2.33. The minimum atomic E-state index is 0.0837. The molecule has 0 radical (unpaired) electrons. The number of nitrogens with one attached hydrogen (secondary N) is 1. The summed E-state index contributed by atoms with van der Waals surface area (Å²) in [7, 11) is 1.96. The summed E-state index contributed by atoms with van der Waals surface area (Å²) in [6.07, 6.45) is 3.97. The van der Waals surface area contributed by atoms with E-state index in [1.54, 1.807) is 30.5 Å². The van der Waals surface area contributed by atoms with Gasteiger partial charge in [-0.2, -0.15) is 10.5 Å². The number of nitriles is 2. The topological polar surface area (TPSA) is 81.7 Å². The number of pyridine rings is 1. The molecule has 4 rings (SSSR count). The molecule has 1 aromatic heterocycles. The van der Waals surface area contributed by atoms with Crippen molar-refractivity contribution in [3.63, 3.8) is 0 Å². The second-order valence-corrected chi connectivity index (χ2v) is 7.26. The monoisotopic (exact) mass is 380 g/mol. The van der Waals surface area contributed by atoms with Crippen LogP contribution in [0.4, 0.5) is 0 Å². The van der Waals surface area contributed by atoms with Crippen LogP contribution in [0, 0.1) is 22.7 Å². The zero-order valence-electron chi connectivity index (χ0n) is 16.1. The van der Waals surface area contributed by atoms with Crippen molar-refractivity contribution in [2.75, 3.05) is 13.7 Å². The molecule has 1 aliphatic carbocycles. The van der Waals surface area contributed by atoms with E-state index in [4.69, 9.17) is 15.3 Å². The third-order valence-electron chi connectivity index (χ3n) is 5.37. The maximum Gasteiger partial charge on any atom is 0.138 e. The molecule has 0 atom stereocenters. The first kappa shape index (κ1) is 18.7. The Hall–Kier alpha value is -3.67. The predicted octanol–water partition coefficient (Wildman–Crippen LogP) is 4.29. The third-order valence-corrected chi connectivity index (χ3v) is 5.37. The fourth-order valence-corrected chi connectivity index (χ4v) is 3.24. The van der Waals surface area contributed by atoms with Crippen molar-refractivity contribution in [3.05, 3.63) is 71.9 Å². The third kappa shape index (κ3) is 3.96. The summed E-state index contributed by atoms with van der Waals surface area (Å²) in [6.45, 7) is 0.605. The summed E-state index contributed by atoms with van der Waals surface area (Å²) in [5, 5.41) is 21.5. The minimum Gasteiger partial charge on any atom is -0.490 e. The zero-order chi connectivity index (χ0) is 20.3. The summed E-state index contributed by atoms with van der Waals surface area (Å²) >= 11 is 0. The van der Waals surface area contributed by atoms with Crippen molar-refractivity contribution in [1.29, 1.82) is 10.5 Å². The molecule has 5 heteroatoms. The highest BCUT2D eigenvalue weighted by Crippen LogP contribution is 2.37. The quantitative estimate of drug-likeness (QED) is 0.690. The van der Waals surface area contributed by atoms with E-state index in [-0.39, 0.29) is 5.54 Å². The van der Waals surface area contributed by atoms with E-state index in [0.717, 1.165) is 35.2 Å². The lowest BCUT2D eigenvalue weighted by molar-refractivity contribution is 0.259. The van der Waals surface area contributed by atoms with Gasteiger partial charge < -0.3 is 10.1 Å². The van der Waals surface area contributed by atoms with E-state index in [9.17, 15) is 0 Å². The smallest absolute Gasteiger partial charge is 0.138 e. The van der Waals surface area contributed by atoms with Gasteiger partial charge in [0.2, 0.25) is 0 Å². The average molecular weight is 380 g/mol. The van der Waals surface area contributed by atoms with Gasteiger partial charge >= 0.3 is 0 Å². The fourth-order valence-electron chi connectivity index (χ4n) is 3.24. The molecule has 0 saturated heterocycles. The van der Waals surface area contributed by atoms with Gasteiger partial charge in [-0.15, -0.1) is 0 Å². The molecule has 29 heavy (non-hydrogen) atoms. The molecule has 0 bridgehead atoms. The molecule has 1 heterocycles. The van der Waals surface area contributed by atoms with Crippen LogP contribution in [0.15, 0.2) is 60.8 Å². The van der Waals surface area contributed by atoms with Crippen LogP contribution in [0.3, 0.4) is 0 Å². The van der Waals surface area contributed by atoms with Gasteiger partial charge in [-0.05, 0) is 55.8 Å². The van der Waals surface area contributed by atoms with E-state index in [0.29, 0.717) is 23.5 Å². The number of aromatic nitrogens is 1. The lowest BCUT2D eigenvalue weighted by atomic mass is 9.98. The van der Waals surface area contributed by atoms with Gasteiger partial charge in [0.15, 0.2) is 0 Å². The maximum atomic E-state index is 9.09. The number of benzene rings is 2. The standard InChI is InChI=1S/C24H20N4O/c1-27-24(10-11-24)16-29-21-12-22(19-6-2-17(13-25)3-7-19)23(28-15-21)20-8-4-18(14-26)5-9-20/h2-9,12,15,27H,10-11,16H2,1H3. The van der Waals surface area contributed by atoms with Crippen molar-refractivity contribution < 1.29 is 4.74 Å². The van der Waals surface area contributed by atoms with Crippen molar-refractivity contribution in [2.24, 2.45) is 0 Å². The van der Waals surface area contributed by atoms with Gasteiger partial charge in [0.05, 0.1) is 40.7 Å². The van der Waals surface area contributed by atoms with Crippen molar-refractivity contribution in [3.8, 4) is 40.3 Å². The molecule has 1 saturated carbocycles. The summed E-state index contributed by atoms with van der Waals surface area (Å²) in [5.74, 6) is 0.711. The Morgan fingerprint density at radius 1 is 0.966 bits per heavy atom. The number of rotatable bonds is 6. The Morgan fingerprint density at radius 3 is 2.07 bits per heavy atom. The average Bonchev–Trinajstić information content (AvgIpc) is 3.58. The fraction of sp³-hybridized carbons (Fsp3) is 0.208. The minimum absolute atomic E-state index is 0.0837. The summed E-state index contributed by atoms with van der Waals surface area (Å²) in [5.41, 5.74) is 4.90. The highest BCUT2D eigenvalue weighted by Gasteiger charge is 2.41. The van der Waals surface area contributed by atoms with Crippen LogP contribution in [-0.2, 0) is 0 Å². The van der Waals surface area contributed by atoms with Gasteiger partial charge in [-0.3, -0.25) is 4.98 Å². The number of hydrogen-bond acceptors (Lipinski definition) is 5. The molecule has 5 nitrogen and oxygen atoms in total. The Kier molecular flexibility index (Phi) is 4.99. The van der Waals surface area contributed by atoms with Gasteiger partial charge in [0, 0.05) is 11.1 Å². The number of ether oxygens (including phenoxy) is 1. The Bertz CT molecular complexity index is 1100. The van der Waals surface area contributed by atoms with Gasteiger partial charge in [0.1, 0.15) is 12.4 Å². The molecular weight excluding hydrogens is 360 g/mol. The Balaban J connectivity index is 1.72. The molecular formula is C24H20N4O. The summed E-state index contributed by atoms with van der Waals surface area (Å²) in [4.78, 5) is 4.68. The van der Waals surface area contributed by atoms with E-state index >= 15 is 0 Å². The molecule has 0 aliphatic heterocycles. The van der Waals surface area contributed by atoms with Crippen LogP contribution in [0.25, 0.3) is 22.4 Å². The molecule has 0 spiro atoms. The molecule has 1 fully saturated rings. The van der Waals surface area contributed by atoms with Crippen LogP contribution < -0.4 is 10.1 Å². The van der Waals surface area contributed by atoms with E-state index < -0.39 is 0 Å². The van der Waals surface area contributed by atoms with Crippen LogP contribution in [0.1, 0.15) is 24.0 Å². The van der Waals surface area contributed by atoms with Crippen LogP contribution >= 0.6 is 0 Å². The second kappa shape index (κ2) is 7.75. The zero-order valence-corrected chi connectivity index (χ0v) is 16.1. The Labute approximate surface area is 170 Å². The van der Waals surface area contributed by atoms with Crippen LogP contribution in [-0.4, -0.2) is 24.2 Å². The molecule has 1 aliphatic rings. The maximum absolute atomic E-state index is 9.09. The molecule has 142 valence electrons. The number of likely N-dealkylation sites (N-methyl/N-ethyl adjacent to an activating group) is 1. The first-order chi connectivity index (χ1) is 14.2. The highest BCUT2D eigenvalue weighted by atomic mass is 16.5. The Morgan fingerprint density at radius 2 is 1.55 bits per heavy atom. The number of nitrogens with zero attached hydrogens (tertiary/aromatic N) is 3. The SMILES string of the molecule is CNC1(COc2cnc(-c3ccc(C#N)cc3)c(-c3ccc(C#N)cc3)c2)CC1. The van der Waals surface area contributed by atoms with Crippen molar-refractivity contribution in [2.45, 2.75) is 18.4 Å². The van der Waals surface area contributed by atoms with Crippen molar-refractivity contribution in [1.82, 2.24) is 10.3 Å². The van der Waals surface area contributed by atoms with E-state index in [1.807, 2.05) is 37.4 Å².